The molecule has 1 unspecified atom stereocenters. The highest BCUT2D eigenvalue weighted by atomic mass is 19.3. The molecule has 1 N–H and O–H groups in total. The number of aliphatic carboxylic acids is 1. The van der Waals surface area contributed by atoms with E-state index >= 15 is 0 Å². The number of carboxylic acids is 1. The Balaban J connectivity index is 2.91. The average molecular weight is 301 g/mol. The second-order valence-corrected chi connectivity index (χ2v) is 4.44. The zero-order valence-electron chi connectivity index (χ0n) is 11.8. The summed E-state index contributed by atoms with van der Waals surface area (Å²) < 4.78 is 28.6. The van der Waals surface area contributed by atoms with E-state index in [1.807, 2.05) is 0 Å². The molecule has 0 aliphatic carbocycles. The summed E-state index contributed by atoms with van der Waals surface area (Å²) in [5.74, 6) is -1.55. The van der Waals surface area contributed by atoms with Gasteiger partial charge >= 0.3 is 12.6 Å². The molecule has 0 heterocycles. The number of benzene rings is 1. The van der Waals surface area contributed by atoms with Gasteiger partial charge in [0, 0.05) is 18.2 Å². The summed E-state index contributed by atoms with van der Waals surface area (Å²) >= 11 is 0. The number of carbonyl (C=O) groups excluding carboxylic acids is 1. The molecule has 7 heteroatoms. The van der Waals surface area contributed by atoms with Gasteiger partial charge in [0.2, 0.25) is 0 Å². The van der Waals surface area contributed by atoms with Crippen LogP contribution in [0.4, 0.5) is 8.78 Å². The molecule has 0 spiro atoms. The number of halogens is 2. The zero-order valence-corrected chi connectivity index (χ0v) is 11.8. The monoisotopic (exact) mass is 301 g/mol. The lowest BCUT2D eigenvalue weighted by atomic mass is 10.1. The number of hydrogen-bond donors (Lipinski definition) is 1. The van der Waals surface area contributed by atoms with Crippen molar-refractivity contribution in [2.24, 2.45) is 0 Å². The summed E-state index contributed by atoms with van der Waals surface area (Å²) in [6, 6.07) is 4.93. The Hall–Kier alpha value is -2.18. The van der Waals surface area contributed by atoms with Crippen molar-refractivity contribution < 1.29 is 28.2 Å². The molecule has 0 fully saturated rings. The van der Waals surface area contributed by atoms with Crippen LogP contribution in [0.1, 0.15) is 30.6 Å². The van der Waals surface area contributed by atoms with Gasteiger partial charge in [-0.1, -0.05) is 6.07 Å². The predicted octanol–water partition coefficient (Wildman–Crippen LogP) is 2.61. The molecule has 0 aromatic heterocycles. The molecular weight excluding hydrogens is 284 g/mol. The molecule has 0 aliphatic heterocycles. The molecule has 116 valence electrons. The molecule has 1 atom stereocenters. The molecule has 1 aromatic carbocycles. The summed E-state index contributed by atoms with van der Waals surface area (Å²) in [5, 5.41) is 8.78. The summed E-state index contributed by atoms with van der Waals surface area (Å²) in [6.45, 7) is 0.682. The van der Waals surface area contributed by atoms with E-state index < -0.39 is 24.5 Å². The van der Waals surface area contributed by atoms with Crippen molar-refractivity contribution in [1.29, 1.82) is 0 Å². The largest absolute Gasteiger partial charge is 0.481 e. The first kappa shape index (κ1) is 16.9. The van der Waals surface area contributed by atoms with Crippen LogP contribution < -0.4 is 4.74 Å². The molecular formula is C14H17F2NO4. The molecule has 0 radical (unpaired) electrons. The van der Waals surface area contributed by atoms with Gasteiger partial charge in [0.25, 0.3) is 5.91 Å². The molecule has 0 saturated heterocycles. The zero-order chi connectivity index (χ0) is 16.0. The first-order valence-corrected chi connectivity index (χ1v) is 6.42. The van der Waals surface area contributed by atoms with Gasteiger partial charge < -0.3 is 14.7 Å². The Bertz CT molecular complexity index is 508. The minimum Gasteiger partial charge on any atom is -0.481 e. The average Bonchev–Trinajstić information content (AvgIpc) is 2.38. The van der Waals surface area contributed by atoms with Crippen LogP contribution in [0.2, 0.25) is 0 Å². The Morgan fingerprint density at radius 2 is 2.05 bits per heavy atom. The molecule has 0 saturated carbocycles. The highest BCUT2D eigenvalue weighted by Gasteiger charge is 2.22. The minimum absolute atomic E-state index is 0.113. The Morgan fingerprint density at radius 1 is 1.38 bits per heavy atom. The lowest BCUT2D eigenvalue weighted by molar-refractivity contribution is -0.138. The molecule has 1 rings (SSSR count). The number of nitrogens with zero attached hydrogens (tertiary/aromatic N) is 1. The van der Waals surface area contributed by atoms with E-state index in [-0.39, 0.29) is 17.7 Å². The number of carboxylic acid groups (broad SMARTS) is 1. The lowest BCUT2D eigenvalue weighted by Crippen LogP contribution is -2.39. The fraction of sp³-hybridized carbons (Fsp3) is 0.429. The number of hydrogen-bond acceptors (Lipinski definition) is 3. The highest BCUT2D eigenvalue weighted by Crippen LogP contribution is 2.18. The standard InChI is InChI=1S/C14H17F2NO4/c1-3-17(9(2)7-12(18)19)13(20)10-5-4-6-11(8-10)21-14(15)16/h4-6,8-9,14H,3,7H2,1-2H3,(H,18,19). The van der Waals surface area contributed by atoms with Crippen LogP contribution >= 0.6 is 0 Å². The van der Waals surface area contributed by atoms with E-state index in [0.717, 1.165) is 0 Å². The summed E-state index contributed by atoms with van der Waals surface area (Å²) in [6.07, 6.45) is -0.188. The van der Waals surface area contributed by atoms with Crippen LogP contribution in [-0.4, -0.2) is 41.1 Å². The van der Waals surface area contributed by atoms with Gasteiger partial charge in [-0.3, -0.25) is 9.59 Å². The third-order valence-electron chi connectivity index (χ3n) is 2.91. The van der Waals surface area contributed by atoms with Gasteiger partial charge in [-0.2, -0.15) is 8.78 Å². The Kier molecular flexibility index (Phi) is 6.08. The Labute approximate surface area is 121 Å². The van der Waals surface area contributed by atoms with Crippen molar-refractivity contribution in [2.45, 2.75) is 32.9 Å². The second-order valence-electron chi connectivity index (χ2n) is 4.44. The van der Waals surface area contributed by atoms with Gasteiger partial charge in [-0.15, -0.1) is 0 Å². The van der Waals surface area contributed by atoms with Gasteiger partial charge in [0.15, 0.2) is 0 Å². The molecule has 0 aliphatic rings. The van der Waals surface area contributed by atoms with Crippen LogP contribution in [0.3, 0.4) is 0 Å². The normalized spacial score (nSPS) is 12.0. The maximum Gasteiger partial charge on any atom is 0.387 e. The van der Waals surface area contributed by atoms with Crippen molar-refractivity contribution in [1.82, 2.24) is 4.90 Å². The SMILES string of the molecule is CCN(C(=O)c1cccc(OC(F)F)c1)C(C)CC(=O)O. The quantitative estimate of drug-likeness (QED) is 0.840. The van der Waals surface area contributed by atoms with Crippen LogP contribution in [0.5, 0.6) is 5.75 Å². The third kappa shape index (κ3) is 5.02. The van der Waals surface area contributed by atoms with Crippen molar-refractivity contribution in [3.63, 3.8) is 0 Å². The maximum atomic E-state index is 12.3. The fourth-order valence-corrected chi connectivity index (χ4v) is 1.99. The predicted molar refractivity (Wildman–Crippen MR) is 71.5 cm³/mol. The second kappa shape index (κ2) is 7.56. The Morgan fingerprint density at radius 3 is 2.57 bits per heavy atom. The topological polar surface area (TPSA) is 66.8 Å². The van der Waals surface area contributed by atoms with Crippen LogP contribution in [0, 0.1) is 0 Å². The fourth-order valence-electron chi connectivity index (χ4n) is 1.99. The number of alkyl halides is 2. The van der Waals surface area contributed by atoms with Crippen molar-refractivity contribution in [3.05, 3.63) is 29.8 Å². The van der Waals surface area contributed by atoms with Crippen molar-refractivity contribution >= 4 is 11.9 Å². The van der Waals surface area contributed by atoms with E-state index in [4.69, 9.17) is 5.11 Å². The number of carbonyl (C=O) groups is 2. The van der Waals surface area contributed by atoms with E-state index in [1.165, 1.54) is 29.2 Å². The number of rotatable bonds is 7. The first-order valence-electron chi connectivity index (χ1n) is 6.42. The van der Waals surface area contributed by atoms with E-state index in [0.29, 0.717) is 6.54 Å². The minimum atomic E-state index is -2.97. The van der Waals surface area contributed by atoms with Crippen LogP contribution in [0.25, 0.3) is 0 Å². The smallest absolute Gasteiger partial charge is 0.387 e. The van der Waals surface area contributed by atoms with Gasteiger partial charge in [-0.05, 0) is 32.0 Å². The highest BCUT2D eigenvalue weighted by molar-refractivity contribution is 5.95. The molecule has 0 bridgehead atoms. The van der Waals surface area contributed by atoms with Crippen LogP contribution in [-0.2, 0) is 4.79 Å². The van der Waals surface area contributed by atoms with E-state index in [9.17, 15) is 18.4 Å². The summed E-state index contributed by atoms with van der Waals surface area (Å²) in [7, 11) is 0. The molecule has 1 amide bonds. The van der Waals surface area contributed by atoms with Crippen molar-refractivity contribution in [3.8, 4) is 5.75 Å². The molecule has 5 nitrogen and oxygen atoms in total. The molecule has 21 heavy (non-hydrogen) atoms. The third-order valence-corrected chi connectivity index (χ3v) is 2.91. The summed E-state index contributed by atoms with van der Waals surface area (Å²) in [4.78, 5) is 24.4. The lowest BCUT2D eigenvalue weighted by Gasteiger charge is -2.27. The van der Waals surface area contributed by atoms with E-state index in [1.54, 1.807) is 13.8 Å². The molecule has 1 aromatic rings. The van der Waals surface area contributed by atoms with Gasteiger partial charge in [0.05, 0.1) is 6.42 Å². The van der Waals surface area contributed by atoms with Gasteiger partial charge in [0.1, 0.15) is 5.75 Å². The summed E-state index contributed by atoms with van der Waals surface area (Å²) in [5.41, 5.74) is 0.173. The first-order chi connectivity index (χ1) is 9.85. The van der Waals surface area contributed by atoms with E-state index in [2.05, 4.69) is 4.74 Å². The van der Waals surface area contributed by atoms with Gasteiger partial charge in [-0.25, -0.2) is 0 Å². The van der Waals surface area contributed by atoms with Crippen molar-refractivity contribution in [2.75, 3.05) is 6.54 Å². The number of ether oxygens (including phenoxy) is 1. The van der Waals surface area contributed by atoms with Crippen LogP contribution in [0.15, 0.2) is 24.3 Å². The maximum absolute atomic E-state index is 12.3. The number of amides is 1.